The second-order valence-electron chi connectivity index (χ2n) is 8.07. The average Bonchev–Trinajstić information content (AvgIpc) is 2.83. The summed E-state index contributed by atoms with van der Waals surface area (Å²) in [7, 11) is 0. The molecule has 3 heterocycles. The van der Waals surface area contributed by atoms with Gasteiger partial charge in [0, 0.05) is 42.9 Å². The molecule has 152 valence electrons. The Bertz CT molecular complexity index is 1210. The third-order valence-electron chi connectivity index (χ3n) is 5.85. The van der Waals surface area contributed by atoms with Crippen LogP contribution in [0.3, 0.4) is 0 Å². The van der Waals surface area contributed by atoms with Crippen molar-refractivity contribution >= 4 is 6.08 Å². The Balaban J connectivity index is 1.23. The predicted octanol–water partition coefficient (Wildman–Crippen LogP) is 6.15. The van der Waals surface area contributed by atoms with Crippen LogP contribution in [-0.2, 0) is 13.0 Å². The Morgan fingerprint density at radius 2 is 1.68 bits per heavy atom. The molecule has 5 rings (SSSR count). The fraction of sp³-hybridized carbons (Fsp3) is 0.143. The summed E-state index contributed by atoms with van der Waals surface area (Å²) in [6, 6.07) is 23.9. The summed E-state index contributed by atoms with van der Waals surface area (Å²) in [6.45, 7) is 3.99. The standard InChI is InChI=1S/C28H25N3/c1-21-17-25(10-14-30-21)23-6-4-22(5-7-23)11-15-31-16-12-26-18-24(8-9-28(26)20-31)27-3-2-13-29-19-27/h2-10,12-14,16-19H,11,15,20H2,1H3. The Hall–Kier alpha value is -3.72. The zero-order valence-corrected chi connectivity index (χ0v) is 17.7. The van der Waals surface area contributed by atoms with E-state index < -0.39 is 0 Å². The summed E-state index contributed by atoms with van der Waals surface area (Å²) in [6.07, 6.45) is 11.1. The number of aryl methyl sites for hydroxylation is 1. The van der Waals surface area contributed by atoms with Crippen LogP contribution in [0.1, 0.15) is 22.4 Å². The first kappa shape index (κ1) is 19.3. The smallest absolute Gasteiger partial charge is 0.0430 e. The topological polar surface area (TPSA) is 29.0 Å². The van der Waals surface area contributed by atoms with E-state index in [1.807, 2.05) is 31.6 Å². The van der Waals surface area contributed by atoms with Crippen molar-refractivity contribution in [3.05, 3.63) is 114 Å². The largest absolute Gasteiger partial charge is 0.373 e. The van der Waals surface area contributed by atoms with Gasteiger partial charge < -0.3 is 4.90 Å². The summed E-state index contributed by atoms with van der Waals surface area (Å²) in [4.78, 5) is 10.9. The van der Waals surface area contributed by atoms with E-state index in [0.29, 0.717) is 0 Å². The van der Waals surface area contributed by atoms with Gasteiger partial charge in [-0.15, -0.1) is 0 Å². The minimum absolute atomic E-state index is 0.952. The lowest BCUT2D eigenvalue weighted by molar-refractivity contribution is 0.371. The summed E-state index contributed by atoms with van der Waals surface area (Å²) in [5, 5.41) is 0. The van der Waals surface area contributed by atoms with Gasteiger partial charge in [0.1, 0.15) is 0 Å². The van der Waals surface area contributed by atoms with Gasteiger partial charge in [0.25, 0.3) is 0 Å². The molecule has 3 heteroatoms. The molecule has 1 aliphatic heterocycles. The Morgan fingerprint density at radius 3 is 2.48 bits per heavy atom. The molecule has 0 aliphatic carbocycles. The highest BCUT2D eigenvalue weighted by molar-refractivity contribution is 5.69. The third-order valence-corrected chi connectivity index (χ3v) is 5.85. The molecule has 0 unspecified atom stereocenters. The molecular weight excluding hydrogens is 378 g/mol. The summed E-state index contributed by atoms with van der Waals surface area (Å²) >= 11 is 0. The number of fused-ring (bicyclic) bond motifs is 1. The van der Waals surface area contributed by atoms with Crippen molar-refractivity contribution in [2.75, 3.05) is 6.54 Å². The molecule has 0 bridgehead atoms. The first-order chi connectivity index (χ1) is 15.2. The van der Waals surface area contributed by atoms with E-state index in [0.717, 1.165) is 30.8 Å². The van der Waals surface area contributed by atoms with E-state index in [2.05, 4.69) is 87.8 Å². The van der Waals surface area contributed by atoms with Gasteiger partial charge in [-0.05, 0) is 83.3 Å². The monoisotopic (exact) mass is 403 g/mol. The summed E-state index contributed by atoms with van der Waals surface area (Å²) < 4.78 is 0. The normalized spacial score (nSPS) is 12.6. The van der Waals surface area contributed by atoms with Crippen molar-refractivity contribution in [1.82, 2.24) is 14.9 Å². The lowest BCUT2D eigenvalue weighted by Gasteiger charge is -2.26. The molecule has 0 fully saturated rings. The van der Waals surface area contributed by atoms with Crippen molar-refractivity contribution in [2.45, 2.75) is 19.9 Å². The van der Waals surface area contributed by atoms with E-state index >= 15 is 0 Å². The average molecular weight is 404 g/mol. The Labute approximate surface area is 183 Å². The van der Waals surface area contributed by atoms with Gasteiger partial charge in [0.2, 0.25) is 0 Å². The van der Waals surface area contributed by atoms with E-state index in [4.69, 9.17) is 0 Å². The molecule has 0 radical (unpaired) electrons. The zero-order chi connectivity index (χ0) is 21.0. The Kier molecular flexibility index (Phi) is 5.32. The molecule has 2 aromatic heterocycles. The van der Waals surface area contributed by atoms with Gasteiger partial charge in [-0.2, -0.15) is 0 Å². The fourth-order valence-corrected chi connectivity index (χ4v) is 4.08. The summed E-state index contributed by atoms with van der Waals surface area (Å²) in [5.74, 6) is 0. The number of hydrogen-bond acceptors (Lipinski definition) is 3. The van der Waals surface area contributed by atoms with Gasteiger partial charge in [-0.3, -0.25) is 9.97 Å². The van der Waals surface area contributed by atoms with Crippen molar-refractivity contribution in [1.29, 1.82) is 0 Å². The molecule has 0 amide bonds. The number of pyridine rings is 2. The fourth-order valence-electron chi connectivity index (χ4n) is 4.08. The van der Waals surface area contributed by atoms with E-state index in [1.165, 1.54) is 33.4 Å². The maximum absolute atomic E-state index is 4.29. The number of hydrogen-bond donors (Lipinski definition) is 0. The molecule has 2 aromatic carbocycles. The maximum atomic E-state index is 4.29. The molecule has 0 spiro atoms. The highest BCUT2D eigenvalue weighted by Gasteiger charge is 2.12. The van der Waals surface area contributed by atoms with Crippen LogP contribution >= 0.6 is 0 Å². The minimum Gasteiger partial charge on any atom is -0.373 e. The second kappa shape index (κ2) is 8.57. The predicted molar refractivity (Wildman–Crippen MR) is 127 cm³/mol. The van der Waals surface area contributed by atoms with Crippen LogP contribution in [0, 0.1) is 6.92 Å². The molecule has 0 atom stereocenters. The van der Waals surface area contributed by atoms with Gasteiger partial charge >= 0.3 is 0 Å². The third kappa shape index (κ3) is 4.41. The maximum Gasteiger partial charge on any atom is 0.0430 e. The van der Waals surface area contributed by atoms with Crippen LogP contribution in [0.5, 0.6) is 0 Å². The molecule has 31 heavy (non-hydrogen) atoms. The van der Waals surface area contributed by atoms with Crippen molar-refractivity contribution < 1.29 is 0 Å². The van der Waals surface area contributed by atoms with Crippen LogP contribution in [0.2, 0.25) is 0 Å². The van der Waals surface area contributed by atoms with Gasteiger partial charge in [-0.25, -0.2) is 0 Å². The highest BCUT2D eigenvalue weighted by atomic mass is 15.1. The van der Waals surface area contributed by atoms with Crippen LogP contribution in [-0.4, -0.2) is 21.4 Å². The summed E-state index contributed by atoms with van der Waals surface area (Å²) in [5.41, 5.74) is 9.92. The zero-order valence-electron chi connectivity index (χ0n) is 17.7. The first-order valence-corrected chi connectivity index (χ1v) is 10.7. The molecule has 3 nitrogen and oxygen atoms in total. The van der Waals surface area contributed by atoms with Crippen molar-refractivity contribution in [2.24, 2.45) is 0 Å². The van der Waals surface area contributed by atoms with Crippen molar-refractivity contribution in [3.8, 4) is 22.3 Å². The molecule has 0 saturated carbocycles. The van der Waals surface area contributed by atoms with Gasteiger partial charge in [0.15, 0.2) is 0 Å². The molecule has 1 aliphatic rings. The number of nitrogens with zero attached hydrogens (tertiary/aromatic N) is 3. The number of aromatic nitrogens is 2. The molecule has 0 N–H and O–H groups in total. The number of rotatable bonds is 5. The van der Waals surface area contributed by atoms with Crippen molar-refractivity contribution in [3.63, 3.8) is 0 Å². The van der Waals surface area contributed by atoms with E-state index in [1.54, 1.807) is 0 Å². The van der Waals surface area contributed by atoms with E-state index in [-0.39, 0.29) is 0 Å². The number of benzene rings is 2. The minimum atomic E-state index is 0.952. The Morgan fingerprint density at radius 1 is 0.839 bits per heavy atom. The first-order valence-electron chi connectivity index (χ1n) is 10.7. The van der Waals surface area contributed by atoms with Gasteiger partial charge in [0.05, 0.1) is 0 Å². The molecule has 4 aromatic rings. The van der Waals surface area contributed by atoms with Crippen LogP contribution in [0.15, 0.2) is 91.5 Å². The lowest BCUT2D eigenvalue weighted by atomic mass is 9.98. The van der Waals surface area contributed by atoms with Crippen LogP contribution in [0.25, 0.3) is 28.3 Å². The van der Waals surface area contributed by atoms with E-state index in [9.17, 15) is 0 Å². The second-order valence-corrected chi connectivity index (χ2v) is 8.07. The quantitative estimate of drug-likeness (QED) is 0.400. The molecule has 0 saturated heterocycles. The highest BCUT2D eigenvalue weighted by Crippen LogP contribution is 2.27. The SMILES string of the molecule is Cc1cc(-c2ccc(CCN3C=Cc4cc(-c5cccnc5)ccc4C3)cc2)ccn1. The van der Waals surface area contributed by atoms with Crippen LogP contribution < -0.4 is 0 Å². The lowest BCUT2D eigenvalue weighted by Crippen LogP contribution is -2.22. The van der Waals surface area contributed by atoms with Crippen LogP contribution in [0.4, 0.5) is 0 Å². The van der Waals surface area contributed by atoms with Gasteiger partial charge in [-0.1, -0.05) is 42.5 Å². The molecular formula is C28H25N3.